The molecule has 6 heteroatoms. The van der Waals surface area contributed by atoms with E-state index in [9.17, 15) is 14.7 Å². The molecule has 4 aromatic rings. The Labute approximate surface area is 222 Å². The Kier molecular flexibility index (Phi) is 8.58. The van der Waals surface area contributed by atoms with Gasteiger partial charge in [0.25, 0.3) is 0 Å². The fourth-order valence-corrected chi connectivity index (χ4v) is 4.89. The lowest BCUT2D eigenvalue weighted by molar-refractivity contribution is 0.0686. The molecule has 0 aliphatic heterocycles. The summed E-state index contributed by atoms with van der Waals surface area (Å²) in [6.45, 7) is 6.41. The molecule has 0 bridgehead atoms. The first-order valence-corrected chi connectivity index (χ1v) is 12.1. The highest BCUT2D eigenvalue weighted by atomic mass is 16.4. The van der Waals surface area contributed by atoms with Gasteiger partial charge in [-0.1, -0.05) is 75.4 Å². The summed E-state index contributed by atoms with van der Waals surface area (Å²) in [6.07, 6.45) is 0.838. The first-order valence-electron chi connectivity index (χ1n) is 12.1. The van der Waals surface area contributed by atoms with E-state index in [0.29, 0.717) is 11.5 Å². The van der Waals surface area contributed by atoms with Gasteiger partial charge in [0, 0.05) is 5.41 Å². The van der Waals surface area contributed by atoms with E-state index in [4.69, 9.17) is 15.3 Å². The summed E-state index contributed by atoms with van der Waals surface area (Å²) in [5.41, 5.74) is 3.27. The normalized spacial score (nSPS) is 16.6. The lowest BCUT2D eigenvalue weighted by atomic mass is 9.75. The molecule has 196 valence electrons. The van der Waals surface area contributed by atoms with Crippen molar-refractivity contribution < 1.29 is 30.0 Å². The highest BCUT2D eigenvalue weighted by molar-refractivity contribution is 5.88. The number of benzene rings is 4. The summed E-state index contributed by atoms with van der Waals surface area (Å²) in [7, 11) is 0. The van der Waals surface area contributed by atoms with Crippen molar-refractivity contribution in [3.05, 3.63) is 131 Å². The van der Waals surface area contributed by atoms with E-state index in [1.165, 1.54) is 0 Å². The minimum Gasteiger partial charge on any atom is -0.508 e. The molecule has 1 unspecified atom stereocenters. The molecule has 0 saturated heterocycles. The molecule has 0 amide bonds. The minimum atomic E-state index is -0.952. The maximum atomic E-state index is 11.4. The van der Waals surface area contributed by atoms with Crippen LogP contribution in [-0.4, -0.2) is 32.4 Å². The monoisotopic (exact) mass is 512 g/mol. The summed E-state index contributed by atoms with van der Waals surface area (Å²) in [5.74, 6) is -1.25. The number of aromatic hydroxyl groups is 2. The lowest BCUT2D eigenvalue weighted by Gasteiger charge is -2.28. The van der Waals surface area contributed by atoms with Gasteiger partial charge in [0.05, 0.1) is 11.1 Å². The molecule has 38 heavy (non-hydrogen) atoms. The number of para-hydroxylation sites is 2. The highest BCUT2D eigenvalue weighted by Gasteiger charge is 2.45. The van der Waals surface area contributed by atoms with Crippen molar-refractivity contribution in [2.75, 3.05) is 0 Å². The van der Waals surface area contributed by atoms with Crippen LogP contribution in [0.2, 0.25) is 0 Å². The molecular weight excluding hydrogens is 480 g/mol. The van der Waals surface area contributed by atoms with Gasteiger partial charge < -0.3 is 20.4 Å². The van der Waals surface area contributed by atoms with Gasteiger partial charge in [-0.25, -0.2) is 9.59 Å². The highest BCUT2D eigenvalue weighted by Crippen LogP contribution is 2.52. The Bertz CT molecular complexity index is 1340. The van der Waals surface area contributed by atoms with Crippen LogP contribution in [0.25, 0.3) is 0 Å². The van der Waals surface area contributed by atoms with Crippen LogP contribution in [0.4, 0.5) is 0 Å². The molecule has 1 aliphatic rings. The number of carboxylic acid groups (broad SMARTS) is 2. The average Bonchev–Trinajstić information content (AvgIpc) is 3.11. The number of carbonyl (C=O) groups is 2. The summed E-state index contributed by atoms with van der Waals surface area (Å²) in [4.78, 5) is 22.4. The van der Waals surface area contributed by atoms with Crippen molar-refractivity contribution in [2.45, 2.75) is 38.0 Å². The smallest absolute Gasteiger partial charge is 0.335 e. The Morgan fingerprint density at radius 1 is 0.605 bits per heavy atom. The third-order valence-electron chi connectivity index (χ3n) is 6.67. The molecule has 0 spiro atoms. The Hall–Kier alpha value is -4.58. The molecule has 0 aromatic heterocycles. The predicted octanol–water partition coefficient (Wildman–Crippen LogP) is 6.85. The number of hydrogen-bond acceptors (Lipinski definition) is 4. The largest absolute Gasteiger partial charge is 0.508 e. The second-order valence-electron chi connectivity index (χ2n) is 10.0. The molecule has 1 aliphatic carbocycles. The van der Waals surface area contributed by atoms with Crippen LogP contribution in [0.15, 0.2) is 103 Å². The third-order valence-corrected chi connectivity index (χ3v) is 6.67. The summed E-state index contributed by atoms with van der Waals surface area (Å²) in [6, 6.07) is 29.6. The van der Waals surface area contributed by atoms with E-state index in [1.807, 2.05) is 30.3 Å². The van der Waals surface area contributed by atoms with Gasteiger partial charge in [-0.05, 0) is 77.1 Å². The van der Waals surface area contributed by atoms with Crippen molar-refractivity contribution in [2.24, 2.45) is 0 Å². The standard InChI is InChI=1S/C20H20O4.2C6H6O/c1-19(2)11-20(3,14-7-4-12(5-8-14)17(21)22)16-10-13(18(23)24)6-9-15(16)19;2*7-6-4-2-1-3-5-6/h4-10H,11H2,1-3H3,(H,21,22)(H,23,24);2*1-5,7H. The Balaban J connectivity index is 0.000000231. The van der Waals surface area contributed by atoms with Crippen LogP contribution in [0.3, 0.4) is 0 Å². The Morgan fingerprint density at radius 3 is 1.45 bits per heavy atom. The average molecular weight is 513 g/mol. The molecule has 4 N–H and O–H groups in total. The second kappa shape index (κ2) is 11.6. The summed E-state index contributed by atoms with van der Waals surface area (Å²) >= 11 is 0. The molecule has 1 atom stereocenters. The molecule has 6 nitrogen and oxygen atoms in total. The third kappa shape index (κ3) is 6.59. The lowest BCUT2D eigenvalue weighted by Crippen LogP contribution is -2.23. The number of carboxylic acids is 2. The van der Waals surface area contributed by atoms with Gasteiger partial charge in [0.15, 0.2) is 0 Å². The van der Waals surface area contributed by atoms with Crippen LogP contribution < -0.4 is 0 Å². The van der Waals surface area contributed by atoms with E-state index in [0.717, 1.165) is 23.1 Å². The van der Waals surface area contributed by atoms with Crippen LogP contribution in [0, 0.1) is 0 Å². The van der Waals surface area contributed by atoms with Gasteiger partial charge in [0.2, 0.25) is 0 Å². The number of phenolic OH excluding ortho intramolecular Hbond substituents is 2. The fraction of sp³-hybridized carbons (Fsp3) is 0.188. The van der Waals surface area contributed by atoms with Crippen molar-refractivity contribution in [1.82, 2.24) is 0 Å². The van der Waals surface area contributed by atoms with E-state index < -0.39 is 11.9 Å². The quantitative estimate of drug-likeness (QED) is 0.238. The molecular formula is C32H32O6. The van der Waals surface area contributed by atoms with Crippen LogP contribution >= 0.6 is 0 Å². The van der Waals surface area contributed by atoms with Crippen molar-refractivity contribution >= 4 is 11.9 Å². The maximum absolute atomic E-state index is 11.4. The second-order valence-corrected chi connectivity index (χ2v) is 10.0. The van der Waals surface area contributed by atoms with Crippen LogP contribution in [0.5, 0.6) is 11.5 Å². The first-order chi connectivity index (χ1) is 17.9. The fourth-order valence-electron chi connectivity index (χ4n) is 4.89. The number of rotatable bonds is 3. The molecule has 0 saturated carbocycles. The number of hydrogen-bond donors (Lipinski definition) is 4. The van der Waals surface area contributed by atoms with Gasteiger partial charge in [0.1, 0.15) is 11.5 Å². The van der Waals surface area contributed by atoms with Crippen LogP contribution in [-0.2, 0) is 10.8 Å². The van der Waals surface area contributed by atoms with E-state index in [-0.39, 0.29) is 22.0 Å². The van der Waals surface area contributed by atoms with Gasteiger partial charge in [-0.15, -0.1) is 0 Å². The molecule has 5 rings (SSSR count). The summed E-state index contributed by atoms with van der Waals surface area (Å²) in [5, 5.41) is 35.7. The SMILES string of the molecule is CC1(C)CC(C)(c2ccc(C(=O)O)cc2)c2cc(C(=O)O)ccc21.Oc1ccccc1.Oc1ccccc1. The number of aromatic carboxylic acids is 2. The van der Waals surface area contributed by atoms with Gasteiger partial charge in [-0.2, -0.15) is 0 Å². The first kappa shape index (κ1) is 28.0. The molecule has 0 fully saturated rings. The minimum absolute atomic E-state index is 0.0768. The molecule has 4 aromatic carbocycles. The van der Waals surface area contributed by atoms with Gasteiger partial charge in [-0.3, -0.25) is 0 Å². The number of phenols is 2. The zero-order valence-electron chi connectivity index (χ0n) is 21.6. The molecule has 0 heterocycles. The van der Waals surface area contributed by atoms with Gasteiger partial charge >= 0.3 is 11.9 Å². The van der Waals surface area contributed by atoms with E-state index >= 15 is 0 Å². The predicted molar refractivity (Wildman–Crippen MR) is 147 cm³/mol. The maximum Gasteiger partial charge on any atom is 0.335 e. The topological polar surface area (TPSA) is 115 Å². The van der Waals surface area contributed by atoms with Crippen molar-refractivity contribution in [1.29, 1.82) is 0 Å². The van der Waals surface area contributed by atoms with Crippen LogP contribution in [0.1, 0.15) is 64.6 Å². The summed E-state index contributed by atoms with van der Waals surface area (Å²) < 4.78 is 0. The van der Waals surface area contributed by atoms with Crippen molar-refractivity contribution in [3.8, 4) is 11.5 Å². The Morgan fingerprint density at radius 2 is 1.05 bits per heavy atom. The van der Waals surface area contributed by atoms with E-state index in [2.05, 4.69) is 20.8 Å². The van der Waals surface area contributed by atoms with Crippen molar-refractivity contribution in [3.63, 3.8) is 0 Å². The van der Waals surface area contributed by atoms with E-state index in [1.54, 1.807) is 72.8 Å². The molecule has 0 radical (unpaired) electrons. The number of fused-ring (bicyclic) bond motifs is 1. The zero-order valence-corrected chi connectivity index (χ0v) is 21.6. The zero-order chi connectivity index (χ0) is 27.9.